The fraction of sp³-hybridized carbons (Fsp3) is 0.625. The highest BCUT2D eigenvalue weighted by Crippen LogP contribution is 2.44. The lowest BCUT2D eigenvalue weighted by Crippen LogP contribution is -2.45. The lowest BCUT2D eigenvalue weighted by atomic mass is 9.78. The highest BCUT2D eigenvalue weighted by Gasteiger charge is 2.44. The van der Waals surface area contributed by atoms with E-state index in [2.05, 4.69) is 0 Å². The number of rotatable bonds is 3. The summed E-state index contributed by atoms with van der Waals surface area (Å²) in [6.45, 7) is 0.362. The maximum absolute atomic E-state index is 13.1. The first-order chi connectivity index (χ1) is 11.3. The van der Waals surface area contributed by atoms with E-state index in [4.69, 9.17) is 0 Å². The van der Waals surface area contributed by atoms with Crippen LogP contribution in [0.25, 0.3) is 0 Å². The van der Waals surface area contributed by atoms with Crippen molar-refractivity contribution in [2.75, 3.05) is 32.1 Å². The Bertz CT molecular complexity index is 589. The minimum atomic E-state index is -4.92. The van der Waals surface area contributed by atoms with E-state index in [9.17, 15) is 31.4 Å². The number of alkyl halides is 6. The smallest absolute Gasteiger partial charge is 0.385 e. The monoisotopic (exact) mass is 423 g/mol. The Hall–Kier alpha value is -0.640. The molecule has 1 aromatic carbocycles. The molecule has 0 aliphatic carbocycles. The van der Waals surface area contributed by atoms with E-state index in [0.717, 1.165) is 0 Å². The Morgan fingerprint density at radius 1 is 1.08 bits per heavy atom. The molecule has 1 N–H and O–H groups in total. The van der Waals surface area contributed by atoms with Crippen molar-refractivity contribution in [3.8, 4) is 0 Å². The predicted molar refractivity (Wildman–Crippen MR) is 91.6 cm³/mol. The molecule has 0 aromatic heterocycles. The van der Waals surface area contributed by atoms with Crippen LogP contribution in [0.2, 0.25) is 0 Å². The van der Waals surface area contributed by atoms with Crippen molar-refractivity contribution in [3.05, 3.63) is 34.9 Å². The first-order valence-electron chi connectivity index (χ1n) is 7.59. The lowest BCUT2D eigenvalue weighted by Gasteiger charge is -2.41. The van der Waals surface area contributed by atoms with Crippen LogP contribution in [-0.4, -0.2) is 42.2 Å². The van der Waals surface area contributed by atoms with Crippen LogP contribution in [-0.2, 0) is 18.0 Å². The molecule has 1 heterocycles. The SMILES string of the molecule is CN(C)CC1CSCCC1(O)c1cc(C(F)(F)F)cc(C(F)(F)F)c1.Cl. The number of thioether (sulfide) groups is 1. The van der Waals surface area contributed by atoms with Gasteiger partial charge in [0.15, 0.2) is 0 Å². The number of nitrogens with zero attached hydrogens (tertiary/aromatic N) is 1. The third-order valence-corrected chi connectivity index (χ3v) is 5.43. The van der Waals surface area contributed by atoms with E-state index in [1.54, 1.807) is 19.0 Å². The molecule has 26 heavy (non-hydrogen) atoms. The van der Waals surface area contributed by atoms with Gasteiger partial charge in [-0.25, -0.2) is 0 Å². The van der Waals surface area contributed by atoms with Gasteiger partial charge in [-0.1, -0.05) is 0 Å². The van der Waals surface area contributed by atoms with Gasteiger partial charge in [-0.05, 0) is 50.0 Å². The molecule has 2 atom stereocenters. The van der Waals surface area contributed by atoms with E-state index in [-0.39, 0.29) is 30.5 Å². The fourth-order valence-corrected chi connectivity index (χ4v) is 4.31. The molecule has 1 aromatic rings. The second kappa shape index (κ2) is 8.16. The van der Waals surface area contributed by atoms with E-state index >= 15 is 0 Å². The molecule has 0 radical (unpaired) electrons. The molecule has 0 amide bonds. The molecule has 0 bridgehead atoms. The molecule has 0 spiro atoms. The van der Waals surface area contributed by atoms with Crippen molar-refractivity contribution in [1.29, 1.82) is 0 Å². The summed E-state index contributed by atoms with van der Waals surface area (Å²) in [6.07, 6.45) is -9.74. The van der Waals surface area contributed by atoms with Crippen LogP contribution in [0.3, 0.4) is 0 Å². The lowest BCUT2D eigenvalue weighted by molar-refractivity contribution is -0.143. The summed E-state index contributed by atoms with van der Waals surface area (Å²) >= 11 is 1.53. The zero-order chi connectivity index (χ0) is 19.0. The number of aliphatic hydroxyl groups is 1. The molecule has 2 unspecified atom stereocenters. The standard InChI is InChI=1S/C16H19F6NOS.ClH/c1-23(2)8-13-9-25-4-3-14(13,24)10-5-11(15(17,18)19)7-12(6-10)16(20,21)22;/h5-7,13,24H,3-4,8-9H2,1-2H3;1H. The fourth-order valence-electron chi connectivity index (χ4n) is 3.02. The van der Waals surface area contributed by atoms with Gasteiger partial charge in [-0.15, -0.1) is 12.4 Å². The van der Waals surface area contributed by atoms with Crippen LogP contribution in [0.4, 0.5) is 26.3 Å². The Balaban J connectivity index is 0.00000338. The Morgan fingerprint density at radius 2 is 1.58 bits per heavy atom. The van der Waals surface area contributed by atoms with Crippen LogP contribution >= 0.6 is 24.2 Å². The summed E-state index contributed by atoms with van der Waals surface area (Å²) in [5.41, 5.74) is -4.83. The quantitative estimate of drug-likeness (QED) is 0.716. The van der Waals surface area contributed by atoms with Gasteiger partial charge in [0.1, 0.15) is 0 Å². The minimum Gasteiger partial charge on any atom is -0.385 e. The summed E-state index contributed by atoms with van der Waals surface area (Å²) in [7, 11) is 3.49. The molecule has 0 saturated carbocycles. The molecule has 1 aliphatic heterocycles. The first kappa shape index (κ1) is 23.4. The van der Waals surface area contributed by atoms with Gasteiger partial charge in [-0.3, -0.25) is 0 Å². The highest BCUT2D eigenvalue weighted by molar-refractivity contribution is 7.99. The molecule has 2 rings (SSSR count). The maximum atomic E-state index is 13.1. The zero-order valence-corrected chi connectivity index (χ0v) is 15.7. The molecule has 1 aliphatic rings. The van der Waals surface area contributed by atoms with E-state index in [1.165, 1.54) is 11.8 Å². The molecule has 2 nitrogen and oxygen atoms in total. The van der Waals surface area contributed by atoms with Crippen molar-refractivity contribution >= 4 is 24.2 Å². The van der Waals surface area contributed by atoms with Gasteiger partial charge in [0, 0.05) is 18.2 Å². The van der Waals surface area contributed by atoms with Crippen molar-refractivity contribution in [2.45, 2.75) is 24.4 Å². The Labute approximate surface area is 158 Å². The van der Waals surface area contributed by atoms with Gasteiger partial charge in [0.05, 0.1) is 16.7 Å². The summed E-state index contributed by atoms with van der Waals surface area (Å²) in [6, 6.07) is 1.38. The van der Waals surface area contributed by atoms with Crippen LogP contribution in [0.15, 0.2) is 18.2 Å². The van der Waals surface area contributed by atoms with Crippen LogP contribution in [0.1, 0.15) is 23.1 Å². The zero-order valence-electron chi connectivity index (χ0n) is 14.1. The van der Waals surface area contributed by atoms with Crippen molar-refractivity contribution in [1.82, 2.24) is 4.90 Å². The van der Waals surface area contributed by atoms with Crippen molar-refractivity contribution < 1.29 is 31.4 Å². The molecule has 1 fully saturated rings. The van der Waals surface area contributed by atoms with Crippen LogP contribution < -0.4 is 0 Å². The Morgan fingerprint density at radius 3 is 2.00 bits per heavy atom. The van der Waals surface area contributed by atoms with Gasteiger partial charge in [0.25, 0.3) is 0 Å². The predicted octanol–water partition coefficient (Wildman–Crippen LogP) is 4.65. The van der Waals surface area contributed by atoms with Gasteiger partial charge >= 0.3 is 12.4 Å². The number of hydrogen-bond acceptors (Lipinski definition) is 3. The van der Waals surface area contributed by atoms with Crippen molar-refractivity contribution in [3.63, 3.8) is 0 Å². The third kappa shape index (κ3) is 5.21. The van der Waals surface area contributed by atoms with Gasteiger partial charge in [-0.2, -0.15) is 38.1 Å². The summed E-state index contributed by atoms with van der Waals surface area (Å²) in [5, 5.41) is 11.1. The van der Waals surface area contributed by atoms with Crippen molar-refractivity contribution in [2.24, 2.45) is 5.92 Å². The number of benzene rings is 1. The van der Waals surface area contributed by atoms with E-state index in [0.29, 0.717) is 30.2 Å². The van der Waals surface area contributed by atoms with E-state index in [1.807, 2.05) is 0 Å². The summed E-state index contributed by atoms with van der Waals surface area (Å²) in [5.74, 6) is 0.468. The number of halogens is 7. The largest absolute Gasteiger partial charge is 0.416 e. The van der Waals surface area contributed by atoms with Gasteiger partial charge < -0.3 is 10.0 Å². The molecule has 10 heteroatoms. The van der Waals surface area contributed by atoms with Crippen LogP contribution in [0.5, 0.6) is 0 Å². The average Bonchev–Trinajstić information content (AvgIpc) is 2.47. The van der Waals surface area contributed by atoms with E-state index < -0.39 is 35.0 Å². The van der Waals surface area contributed by atoms with Gasteiger partial charge in [0.2, 0.25) is 0 Å². The normalized spacial score (nSPS) is 24.5. The second-order valence-electron chi connectivity index (χ2n) is 6.50. The first-order valence-corrected chi connectivity index (χ1v) is 8.74. The topological polar surface area (TPSA) is 23.5 Å². The summed E-state index contributed by atoms with van der Waals surface area (Å²) < 4.78 is 78.4. The summed E-state index contributed by atoms with van der Waals surface area (Å²) in [4.78, 5) is 1.76. The van der Waals surface area contributed by atoms with Crippen LogP contribution in [0, 0.1) is 5.92 Å². The second-order valence-corrected chi connectivity index (χ2v) is 7.65. The third-order valence-electron chi connectivity index (χ3n) is 4.30. The maximum Gasteiger partial charge on any atom is 0.416 e. The molecular formula is C16H20ClF6NOS. The molecular weight excluding hydrogens is 404 g/mol. The average molecular weight is 424 g/mol. The molecule has 150 valence electrons. The molecule has 1 saturated heterocycles. The number of hydrogen-bond donors (Lipinski definition) is 1. The minimum absolute atomic E-state index is 0. The Kier molecular flexibility index (Phi) is 7.34. The highest BCUT2D eigenvalue weighted by atomic mass is 35.5.